The van der Waals surface area contributed by atoms with Gasteiger partial charge in [-0.05, 0) is 23.8 Å². The van der Waals surface area contributed by atoms with E-state index in [1.54, 1.807) is 20.3 Å². The van der Waals surface area contributed by atoms with Crippen molar-refractivity contribution in [1.29, 1.82) is 0 Å². The second kappa shape index (κ2) is 7.59. The van der Waals surface area contributed by atoms with Crippen LogP contribution >= 0.6 is 23.4 Å². The number of hydrogen-bond donors (Lipinski definition) is 0. The molecule has 0 bridgehead atoms. The highest BCUT2D eigenvalue weighted by molar-refractivity contribution is 7.98. The summed E-state index contributed by atoms with van der Waals surface area (Å²) in [5, 5.41) is 9.36. The molecule has 0 amide bonds. The molecule has 7 heteroatoms. The van der Waals surface area contributed by atoms with Crippen LogP contribution in [0.25, 0.3) is 11.5 Å². The predicted molar refractivity (Wildman–Crippen MR) is 93.9 cm³/mol. The zero-order chi connectivity index (χ0) is 16.9. The van der Waals surface area contributed by atoms with Crippen LogP contribution in [0.1, 0.15) is 5.56 Å². The summed E-state index contributed by atoms with van der Waals surface area (Å²) >= 11 is 7.59. The van der Waals surface area contributed by atoms with Crippen molar-refractivity contribution in [3.05, 3.63) is 53.1 Å². The van der Waals surface area contributed by atoms with Gasteiger partial charge < -0.3 is 13.9 Å². The van der Waals surface area contributed by atoms with Crippen molar-refractivity contribution in [2.75, 3.05) is 14.2 Å². The molecule has 0 aliphatic carbocycles. The summed E-state index contributed by atoms with van der Waals surface area (Å²) in [5.74, 6) is 2.36. The summed E-state index contributed by atoms with van der Waals surface area (Å²) in [6, 6.07) is 13.1. The van der Waals surface area contributed by atoms with Gasteiger partial charge in [0.05, 0.1) is 19.8 Å². The Kier molecular flexibility index (Phi) is 5.27. The van der Waals surface area contributed by atoms with Crippen molar-refractivity contribution in [1.82, 2.24) is 10.2 Å². The van der Waals surface area contributed by atoms with E-state index in [2.05, 4.69) is 10.2 Å². The molecule has 3 rings (SSSR count). The summed E-state index contributed by atoms with van der Waals surface area (Å²) in [7, 11) is 3.19. The van der Waals surface area contributed by atoms with Gasteiger partial charge in [-0.15, -0.1) is 10.2 Å². The normalized spacial score (nSPS) is 10.6. The van der Waals surface area contributed by atoms with Crippen LogP contribution in [0.4, 0.5) is 0 Å². The second-order valence-electron chi connectivity index (χ2n) is 4.82. The number of thioether (sulfide) groups is 1. The third-order valence-corrected chi connectivity index (χ3v) is 4.59. The molecule has 0 spiro atoms. The minimum Gasteiger partial charge on any atom is -0.497 e. The lowest BCUT2D eigenvalue weighted by Gasteiger charge is -2.07. The summed E-state index contributed by atoms with van der Waals surface area (Å²) in [5.41, 5.74) is 1.74. The lowest BCUT2D eigenvalue weighted by atomic mass is 10.2. The Hall–Kier alpha value is -2.18. The molecule has 0 saturated carbocycles. The molecule has 0 aliphatic rings. The van der Waals surface area contributed by atoms with Crippen LogP contribution in [0.15, 0.2) is 52.1 Å². The van der Waals surface area contributed by atoms with E-state index in [9.17, 15) is 0 Å². The average Bonchev–Trinajstić information content (AvgIpc) is 3.09. The van der Waals surface area contributed by atoms with Crippen molar-refractivity contribution >= 4 is 23.4 Å². The first-order valence-corrected chi connectivity index (χ1v) is 8.49. The SMILES string of the molecule is COc1ccc(-c2nnc(SCc3ccccc3Cl)o2)c(OC)c1. The van der Waals surface area contributed by atoms with Gasteiger partial charge in [-0.2, -0.15) is 0 Å². The molecule has 1 heterocycles. The van der Waals surface area contributed by atoms with E-state index in [0.717, 1.165) is 16.1 Å². The molecule has 24 heavy (non-hydrogen) atoms. The lowest BCUT2D eigenvalue weighted by molar-refractivity contribution is 0.393. The monoisotopic (exact) mass is 362 g/mol. The lowest BCUT2D eigenvalue weighted by Crippen LogP contribution is -1.90. The summed E-state index contributed by atoms with van der Waals surface area (Å²) in [6.45, 7) is 0. The molecule has 1 aromatic heterocycles. The molecule has 0 aliphatic heterocycles. The second-order valence-corrected chi connectivity index (χ2v) is 6.15. The fourth-order valence-corrected chi connectivity index (χ4v) is 3.16. The van der Waals surface area contributed by atoms with E-state index in [4.69, 9.17) is 25.5 Å². The molecule has 3 aromatic rings. The van der Waals surface area contributed by atoms with E-state index in [1.807, 2.05) is 36.4 Å². The first-order valence-electron chi connectivity index (χ1n) is 7.13. The number of nitrogens with zero attached hydrogens (tertiary/aromatic N) is 2. The molecule has 124 valence electrons. The Morgan fingerprint density at radius 3 is 2.67 bits per heavy atom. The van der Waals surface area contributed by atoms with Gasteiger partial charge in [-0.25, -0.2) is 0 Å². The molecule has 2 aromatic carbocycles. The van der Waals surface area contributed by atoms with Crippen LogP contribution in [0.2, 0.25) is 5.02 Å². The van der Waals surface area contributed by atoms with Gasteiger partial charge in [0.2, 0.25) is 0 Å². The Morgan fingerprint density at radius 1 is 1.08 bits per heavy atom. The van der Waals surface area contributed by atoms with Crippen molar-refractivity contribution in [3.63, 3.8) is 0 Å². The number of halogens is 1. The summed E-state index contributed by atoms with van der Waals surface area (Å²) < 4.78 is 16.3. The molecule has 0 saturated heterocycles. The number of methoxy groups -OCH3 is 2. The molecule has 0 atom stereocenters. The molecule has 0 fully saturated rings. The molecule has 5 nitrogen and oxygen atoms in total. The predicted octanol–water partition coefficient (Wildman–Crippen LogP) is 4.70. The fraction of sp³-hybridized carbons (Fsp3) is 0.176. The van der Waals surface area contributed by atoms with Crippen LogP contribution < -0.4 is 9.47 Å². The standard InChI is InChI=1S/C17H15ClN2O3S/c1-21-12-7-8-13(15(9-12)22-2)16-19-20-17(23-16)24-10-11-5-3-4-6-14(11)18/h3-9H,10H2,1-2H3. The minimum absolute atomic E-state index is 0.399. The van der Waals surface area contributed by atoms with Gasteiger partial charge in [-0.3, -0.25) is 0 Å². The zero-order valence-electron chi connectivity index (χ0n) is 13.2. The first-order chi connectivity index (χ1) is 11.7. The zero-order valence-corrected chi connectivity index (χ0v) is 14.7. The minimum atomic E-state index is 0.399. The van der Waals surface area contributed by atoms with Crippen molar-refractivity contribution in [2.45, 2.75) is 11.0 Å². The summed E-state index contributed by atoms with van der Waals surface area (Å²) in [4.78, 5) is 0. The average molecular weight is 363 g/mol. The third-order valence-electron chi connectivity index (χ3n) is 3.35. The molecule has 0 radical (unpaired) electrons. The Balaban J connectivity index is 1.77. The van der Waals surface area contributed by atoms with E-state index in [1.165, 1.54) is 11.8 Å². The number of ether oxygens (including phenoxy) is 2. The van der Waals surface area contributed by atoms with Gasteiger partial charge in [0.25, 0.3) is 11.1 Å². The quantitative estimate of drug-likeness (QED) is 0.592. The largest absolute Gasteiger partial charge is 0.497 e. The fourth-order valence-electron chi connectivity index (χ4n) is 2.11. The highest BCUT2D eigenvalue weighted by Crippen LogP contribution is 2.34. The highest BCUT2D eigenvalue weighted by atomic mass is 35.5. The van der Waals surface area contributed by atoms with Crippen LogP contribution in [0.5, 0.6) is 11.5 Å². The van der Waals surface area contributed by atoms with Crippen LogP contribution in [-0.2, 0) is 5.75 Å². The molecule has 0 unspecified atom stereocenters. The van der Waals surface area contributed by atoms with Gasteiger partial charge in [0, 0.05) is 16.8 Å². The Labute approximate surface area is 148 Å². The maximum atomic E-state index is 6.15. The van der Waals surface area contributed by atoms with E-state index >= 15 is 0 Å². The maximum Gasteiger partial charge on any atom is 0.277 e. The number of hydrogen-bond acceptors (Lipinski definition) is 6. The van der Waals surface area contributed by atoms with Gasteiger partial charge in [-0.1, -0.05) is 41.6 Å². The van der Waals surface area contributed by atoms with Crippen LogP contribution in [0.3, 0.4) is 0 Å². The van der Waals surface area contributed by atoms with Crippen LogP contribution in [-0.4, -0.2) is 24.4 Å². The Morgan fingerprint density at radius 2 is 1.92 bits per heavy atom. The van der Waals surface area contributed by atoms with Gasteiger partial charge in [0.15, 0.2) is 0 Å². The maximum absolute atomic E-state index is 6.15. The topological polar surface area (TPSA) is 57.4 Å². The third kappa shape index (κ3) is 3.66. The van der Waals surface area contributed by atoms with Crippen molar-refractivity contribution in [2.24, 2.45) is 0 Å². The molecular formula is C17H15ClN2O3S. The first kappa shape index (κ1) is 16.7. The summed E-state index contributed by atoms with van der Waals surface area (Å²) in [6.07, 6.45) is 0. The van der Waals surface area contributed by atoms with Gasteiger partial charge in [0.1, 0.15) is 11.5 Å². The Bertz CT molecular complexity index is 838. The molecular weight excluding hydrogens is 348 g/mol. The number of aromatic nitrogens is 2. The highest BCUT2D eigenvalue weighted by Gasteiger charge is 2.15. The van der Waals surface area contributed by atoms with E-state index < -0.39 is 0 Å². The van der Waals surface area contributed by atoms with Crippen LogP contribution in [0, 0.1) is 0 Å². The van der Waals surface area contributed by atoms with Crippen molar-refractivity contribution in [3.8, 4) is 23.0 Å². The van der Waals surface area contributed by atoms with Crippen molar-refractivity contribution < 1.29 is 13.9 Å². The molecule has 0 N–H and O–H groups in total. The smallest absolute Gasteiger partial charge is 0.277 e. The number of rotatable bonds is 6. The van der Waals surface area contributed by atoms with Gasteiger partial charge >= 0.3 is 0 Å². The van der Waals surface area contributed by atoms with E-state index in [-0.39, 0.29) is 0 Å². The number of benzene rings is 2. The van der Waals surface area contributed by atoms with E-state index in [0.29, 0.717) is 28.4 Å².